The van der Waals surface area contributed by atoms with Gasteiger partial charge in [-0.2, -0.15) is 0 Å². The molecule has 0 spiro atoms. The van der Waals surface area contributed by atoms with Crippen molar-refractivity contribution in [3.05, 3.63) is 29.8 Å². The summed E-state index contributed by atoms with van der Waals surface area (Å²) in [5, 5.41) is 2.68. The number of benzene rings is 1. The van der Waals surface area contributed by atoms with Crippen LogP contribution >= 0.6 is 11.6 Å². The standard InChI is InChI=1S/C14H17ClN2O/c1-17(2)13-7-5-12(6-8-13)4-3-11-16-14(18)9-10-15/h5-8H,9-11H2,1-2H3,(H,16,18). The van der Waals surface area contributed by atoms with Crippen molar-refractivity contribution < 1.29 is 4.79 Å². The third-order valence-electron chi connectivity index (χ3n) is 2.31. The van der Waals surface area contributed by atoms with Gasteiger partial charge in [0.05, 0.1) is 6.54 Å². The van der Waals surface area contributed by atoms with Gasteiger partial charge in [0, 0.05) is 37.6 Å². The quantitative estimate of drug-likeness (QED) is 0.665. The Labute approximate surface area is 113 Å². The monoisotopic (exact) mass is 264 g/mol. The molecule has 0 aliphatic rings. The van der Waals surface area contributed by atoms with Crippen molar-refractivity contribution in [3.8, 4) is 11.8 Å². The summed E-state index contributed by atoms with van der Waals surface area (Å²) >= 11 is 5.44. The van der Waals surface area contributed by atoms with E-state index in [2.05, 4.69) is 17.2 Å². The van der Waals surface area contributed by atoms with E-state index in [1.54, 1.807) is 0 Å². The summed E-state index contributed by atoms with van der Waals surface area (Å²) in [7, 11) is 3.99. The first-order valence-corrected chi connectivity index (χ1v) is 6.26. The van der Waals surface area contributed by atoms with Gasteiger partial charge in [0.25, 0.3) is 0 Å². The molecule has 0 aliphatic carbocycles. The largest absolute Gasteiger partial charge is 0.378 e. The second-order valence-corrected chi connectivity index (χ2v) is 4.34. The highest BCUT2D eigenvalue weighted by Crippen LogP contribution is 2.11. The molecule has 0 aromatic heterocycles. The molecule has 1 rings (SSSR count). The highest BCUT2D eigenvalue weighted by Gasteiger charge is 1.96. The number of nitrogens with zero attached hydrogens (tertiary/aromatic N) is 1. The molecule has 0 unspecified atom stereocenters. The predicted molar refractivity (Wildman–Crippen MR) is 76.0 cm³/mol. The summed E-state index contributed by atoms with van der Waals surface area (Å²) < 4.78 is 0. The number of hydrogen-bond acceptors (Lipinski definition) is 2. The molecule has 18 heavy (non-hydrogen) atoms. The van der Waals surface area contributed by atoms with Crippen LogP contribution in [0.1, 0.15) is 12.0 Å². The Kier molecular flexibility index (Phi) is 6.10. The number of alkyl halides is 1. The van der Waals surface area contributed by atoms with Crippen LogP contribution in [0.3, 0.4) is 0 Å². The first-order chi connectivity index (χ1) is 8.63. The van der Waals surface area contributed by atoms with Crippen molar-refractivity contribution in [2.45, 2.75) is 6.42 Å². The van der Waals surface area contributed by atoms with Crippen LogP contribution in [0, 0.1) is 11.8 Å². The highest BCUT2D eigenvalue weighted by molar-refractivity contribution is 6.18. The highest BCUT2D eigenvalue weighted by atomic mass is 35.5. The fourth-order valence-corrected chi connectivity index (χ4v) is 1.48. The van der Waals surface area contributed by atoms with E-state index in [9.17, 15) is 4.79 Å². The van der Waals surface area contributed by atoms with Crippen molar-refractivity contribution in [1.82, 2.24) is 5.32 Å². The molecular weight excluding hydrogens is 248 g/mol. The van der Waals surface area contributed by atoms with Crippen molar-refractivity contribution in [2.24, 2.45) is 0 Å². The molecule has 96 valence electrons. The maximum atomic E-state index is 11.1. The third kappa shape index (κ3) is 5.11. The molecule has 1 N–H and O–H groups in total. The zero-order valence-electron chi connectivity index (χ0n) is 10.7. The Hall–Kier alpha value is -1.66. The number of anilines is 1. The maximum Gasteiger partial charge on any atom is 0.221 e. The molecule has 4 heteroatoms. The normalized spacial score (nSPS) is 9.28. The van der Waals surface area contributed by atoms with Crippen LogP contribution in [0.5, 0.6) is 0 Å². The number of amides is 1. The van der Waals surface area contributed by atoms with Crippen LogP contribution < -0.4 is 10.2 Å². The Morgan fingerprint density at radius 3 is 2.56 bits per heavy atom. The van der Waals surface area contributed by atoms with E-state index >= 15 is 0 Å². The van der Waals surface area contributed by atoms with Gasteiger partial charge in [-0.1, -0.05) is 11.8 Å². The van der Waals surface area contributed by atoms with E-state index in [0.717, 1.165) is 11.3 Å². The Bertz CT molecular complexity index is 443. The van der Waals surface area contributed by atoms with Gasteiger partial charge >= 0.3 is 0 Å². The minimum Gasteiger partial charge on any atom is -0.378 e. The fraction of sp³-hybridized carbons (Fsp3) is 0.357. The van der Waals surface area contributed by atoms with Crippen LogP contribution in [0.2, 0.25) is 0 Å². The number of halogens is 1. The average molecular weight is 265 g/mol. The third-order valence-corrected chi connectivity index (χ3v) is 2.50. The topological polar surface area (TPSA) is 32.3 Å². The second kappa shape index (κ2) is 7.62. The first-order valence-electron chi connectivity index (χ1n) is 5.72. The number of hydrogen-bond donors (Lipinski definition) is 1. The SMILES string of the molecule is CN(C)c1ccc(C#CCNC(=O)CCCl)cc1. The molecule has 1 aromatic carbocycles. The number of carbonyl (C=O) groups excluding carboxylic acids is 1. The molecule has 1 amide bonds. The minimum atomic E-state index is -0.0674. The first kappa shape index (κ1) is 14.4. The smallest absolute Gasteiger partial charge is 0.221 e. The number of nitrogens with one attached hydrogen (secondary N) is 1. The second-order valence-electron chi connectivity index (χ2n) is 3.96. The number of carbonyl (C=O) groups is 1. The van der Waals surface area contributed by atoms with Crippen molar-refractivity contribution >= 4 is 23.2 Å². The Morgan fingerprint density at radius 1 is 1.33 bits per heavy atom. The lowest BCUT2D eigenvalue weighted by atomic mass is 10.2. The van der Waals surface area contributed by atoms with Gasteiger partial charge in [-0.3, -0.25) is 4.79 Å². The summed E-state index contributed by atoms with van der Waals surface area (Å²) in [5.41, 5.74) is 2.07. The van der Waals surface area contributed by atoms with Gasteiger partial charge in [0.15, 0.2) is 0 Å². The molecule has 0 aliphatic heterocycles. The van der Waals surface area contributed by atoms with Crippen molar-refractivity contribution in [2.75, 3.05) is 31.4 Å². The molecular formula is C14H17ClN2O. The lowest BCUT2D eigenvalue weighted by molar-refractivity contribution is -0.120. The van der Waals surface area contributed by atoms with Gasteiger partial charge in [-0.15, -0.1) is 11.6 Å². The van der Waals surface area contributed by atoms with Crippen molar-refractivity contribution in [3.63, 3.8) is 0 Å². The predicted octanol–water partition coefficient (Wildman–Crippen LogP) is 1.85. The van der Waals surface area contributed by atoms with Crippen LogP contribution in [-0.4, -0.2) is 32.4 Å². The van der Waals surface area contributed by atoms with E-state index < -0.39 is 0 Å². The summed E-state index contributed by atoms with van der Waals surface area (Å²) in [4.78, 5) is 13.1. The molecule has 0 atom stereocenters. The van der Waals surface area contributed by atoms with Crippen LogP contribution in [0.25, 0.3) is 0 Å². The van der Waals surface area contributed by atoms with Gasteiger partial charge < -0.3 is 10.2 Å². The maximum absolute atomic E-state index is 11.1. The van der Waals surface area contributed by atoms with Crippen molar-refractivity contribution in [1.29, 1.82) is 0 Å². The Morgan fingerprint density at radius 2 is 2.00 bits per heavy atom. The summed E-state index contributed by atoms with van der Waals surface area (Å²) in [6.45, 7) is 0.352. The molecule has 1 aromatic rings. The lowest BCUT2D eigenvalue weighted by Gasteiger charge is -2.11. The summed E-state index contributed by atoms with van der Waals surface area (Å²) in [6, 6.07) is 7.94. The van der Waals surface area contributed by atoms with Crippen LogP contribution in [0.4, 0.5) is 5.69 Å². The van der Waals surface area contributed by atoms with Gasteiger partial charge in [-0.25, -0.2) is 0 Å². The van der Waals surface area contributed by atoms with E-state index in [-0.39, 0.29) is 5.91 Å². The molecule has 0 radical (unpaired) electrons. The zero-order chi connectivity index (χ0) is 13.4. The van der Waals surface area contributed by atoms with E-state index in [4.69, 9.17) is 11.6 Å². The van der Waals surface area contributed by atoms with E-state index in [1.807, 2.05) is 43.3 Å². The average Bonchev–Trinajstić information content (AvgIpc) is 2.35. The molecule has 0 heterocycles. The molecule has 0 bridgehead atoms. The molecule has 0 saturated heterocycles. The van der Waals surface area contributed by atoms with Gasteiger partial charge in [0.1, 0.15) is 0 Å². The molecule has 0 saturated carbocycles. The van der Waals surface area contributed by atoms with Gasteiger partial charge in [0.2, 0.25) is 5.91 Å². The minimum absolute atomic E-state index is 0.0674. The van der Waals surface area contributed by atoms with Crippen LogP contribution in [0.15, 0.2) is 24.3 Å². The van der Waals surface area contributed by atoms with E-state index in [0.29, 0.717) is 18.8 Å². The lowest BCUT2D eigenvalue weighted by Crippen LogP contribution is -2.23. The van der Waals surface area contributed by atoms with Gasteiger partial charge in [-0.05, 0) is 24.3 Å². The van der Waals surface area contributed by atoms with E-state index in [1.165, 1.54) is 0 Å². The fourth-order valence-electron chi connectivity index (χ4n) is 1.31. The van der Waals surface area contributed by atoms with Crippen LogP contribution in [-0.2, 0) is 4.79 Å². The number of rotatable bonds is 4. The Balaban J connectivity index is 2.45. The molecule has 3 nitrogen and oxygen atoms in total. The molecule has 0 fully saturated rings. The zero-order valence-corrected chi connectivity index (χ0v) is 11.4. The summed E-state index contributed by atoms with van der Waals surface area (Å²) in [6.07, 6.45) is 0.334. The summed E-state index contributed by atoms with van der Waals surface area (Å²) in [5.74, 6) is 6.16.